The summed E-state index contributed by atoms with van der Waals surface area (Å²) in [6, 6.07) is 22.6. The van der Waals surface area contributed by atoms with E-state index in [-0.39, 0.29) is 22.5 Å². The van der Waals surface area contributed by atoms with Gasteiger partial charge in [-0.05, 0) is 78.4 Å². The number of amides is 3. The molecule has 0 heterocycles. The van der Waals surface area contributed by atoms with Gasteiger partial charge < -0.3 is 16.8 Å². The maximum Gasteiger partial charge on any atom is 0.255 e. The number of carbonyl (C=O) groups excluding carboxylic acids is 3. The zero-order valence-electron chi connectivity index (χ0n) is 19.4. The maximum absolute atomic E-state index is 13.7. The zero-order chi connectivity index (χ0) is 26.5. The van der Waals surface area contributed by atoms with E-state index in [4.69, 9.17) is 11.5 Å². The average molecular weight is 501 g/mol. The van der Waals surface area contributed by atoms with Crippen molar-refractivity contribution in [3.05, 3.63) is 120 Å². The summed E-state index contributed by atoms with van der Waals surface area (Å²) < 4.78 is 27.1. The number of nitrogens with one attached hydrogen (secondary N) is 1. The van der Waals surface area contributed by atoms with Crippen LogP contribution in [0.4, 0.5) is 31.5 Å². The molecule has 37 heavy (non-hydrogen) atoms. The third-order valence-electron chi connectivity index (χ3n) is 5.64. The molecule has 0 aliphatic carbocycles. The predicted octanol–water partition coefficient (Wildman–Crippen LogP) is 4.73. The number of hydrogen-bond donors (Lipinski definition) is 3. The Bertz CT molecular complexity index is 1390. The Balaban J connectivity index is 1.65. The van der Waals surface area contributed by atoms with Crippen LogP contribution in [0, 0.1) is 11.6 Å². The van der Waals surface area contributed by atoms with Crippen molar-refractivity contribution in [1.29, 1.82) is 0 Å². The van der Waals surface area contributed by atoms with Crippen molar-refractivity contribution in [1.82, 2.24) is 0 Å². The van der Waals surface area contributed by atoms with Gasteiger partial charge in [0.05, 0.1) is 11.4 Å². The van der Waals surface area contributed by atoms with Crippen LogP contribution in [0.15, 0.2) is 97.1 Å². The topological polar surface area (TPSA) is 119 Å². The molecule has 0 spiro atoms. The van der Waals surface area contributed by atoms with E-state index in [2.05, 4.69) is 5.32 Å². The van der Waals surface area contributed by atoms with Gasteiger partial charge in [0, 0.05) is 16.9 Å². The van der Waals surface area contributed by atoms with Crippen LogP contribution in [0.3, 0.4) is 0 Å². The van der Waals surface area contributed by atoms with Crippen LogP contribution in [0.1, 0.15) is 21.8 Å². The highest BCUT2D eigenvalue weighted by atomic mass is 19.1. The smallest absolute Gasteiger partial charge is 0.255 e. The van der Waals surface area contributed by atoms with E-state index >= 15 is 0 Å². The Morgan fingerprint density at radius 2 is 1.24 bits per heavy atom. The first-order valence-electron chi connectivity index (χ1n) is 11.1. The molecule has 0 saturated carbocycles. The van der Waals surface area contributed by atoms with Gasteiger partial charge in [-0.15, -0.1) is 0 Å². The molecule has 0 radical (unpaired) electrons. The van der Waals surface area contributed by atoms with Gasteiger partial charge in [-0.2, -0.15) is 0 Å². The molecule has 4 aromatic rings. The number of rotatable bonds is 7. The van der Waals surface area contributed by atoms with Gasteiger partial charge in [-0.25, -0.2) is 8.78 Å². The molecule has 0 saturated heterocycles. The number of halogens is 2. The third kappa shape index (κ3) is 5.62. The second kappa shape index (κ2) is 10.7. The van der Waals surface area contributed by atoms with E-state index in [1.54, 1.807) is 24.3 Å². The Hall–Kier alpha value is -5.05. The summed E-state index contributed by atoms with van der Waals surface area (Å²) in [4.78, 5) is 40.0. The number of anilines is 4. The minimum Gasteiger partial charge on any atom is -0.397 e. The molecule has 0 aliphatic heterocycles. The van der Waals surface area contributed by atoms with E-state index < -0.39 is 35.3 Å². The highest BCUT2D eigenvalue weighted by molar-refractivity contribution is 6.15. The van der Waals surface area contributed by atoms with Gasteiger partial charge in [-0.1, -0.05) is 24.3 Å². The lowest BCUT2D eigenvalue weighted by molar-refractivity contribution is -0.128. The van der Waals surface area contributed by atoms with Gasteiger partial charge in [0.15, 0.2) is 0 Å². The lowest BCUT2D eigenvalue weighted by Crippen LogP contribution is -2.38. The first kappa shape index (κ1) is 25.1. The summed E-state index contributed by atoms with van der Waals surface area (Å²) in [7, 11) is 0. The largest absolute Gasteiger partial charge is 0.397 e. The first-order valence-corrected chi connectivity index (χ1v) is 11.1. The molecule has 1 unspecified atom stereocenters. The molecule has 0 fully saturated rings. The van der Waals surface area contributed by atoms with Crippen LogP contribution in [0.25, 0.3) is 0 Å². The number of nitrogen functional groups attached to an aromatic ring is 1. The predicted molar refractivity (Wildman–Crippen MR) is 137 cm³/mol. The van der Waals surface area contributed by atoms with Crippen molar-refractivity contribution in [3.8, 4) is 0 Å². The van der Waals surface area contributed by atoms with Crippen molar-refractivity contribution < 1.29 is 23.2 Å². The van der Waals surface area contributed by atoms with Crippen LogP contribution in [0.5, 0.6) is 0 Å². The molecule has 0 bridgehead atoms. The molecule has 4 aromatic carbocycles. The van der Waals surface area contributed by atoms with Gasteiger partial charge >= 0.3 is 0 Å². The van der Waals surface area contributed by atoms with Crippen molar-refractivity contribution in [2.24, 2.45) is 5.73 Å². The zero-order valence-corrected chi connectivity index (χ0v) is 19.4. The number of para-hydroxylation sites is 2. The molecule has 3 amide bonds. The van der Waals surface area contributed by atoms with Crippen LogP contribution in [-0.4, -0.2) is 17.7 Å². The normalized spacial score (nSPS) is 11.4. The summed E-state index contributed by atoms with van der Waals surface area (Å²) in [5.41, 5.74) is 13.3. The second-order valence-electron chi connectivity index (χ2n) is 8.13. The van der Waals surface area contributed by atoms with Crippen molar-refractivity contribution >= 4 is 40.5 Å². The van der Waals surface area contributed by atoms with Gasteiger partial charge in [0.25, 0.3) is 5.91 Å². The minimum atomic E-state index is -1.45. The Labute approximate surface area is 211 Å². The summed E-state index contributed by atoms with van der Waals surface area (Å²) in [5, 5.41) is 2.70. The van der Waals surface area contributed by atoms with Crippen LogP contribution in [-0.2, 0) is 9.59 Å². The molecular weight excluding hydrogens is 478 g/mol. The second-order valence-corrected chi connectivity index (χ2v) is 8.13. The lowest BCUT2D eigenvalue weighted by atomic mass is 9.95. The van der Waals surface area contributed by atoms with Crippen LogP contribution >= 0.6 is 0 Å². The average Bonchev–Trinajstić information content (AvgIpc) is 2.88. The Kier molecular flexibility index (Phi) is 7.24. The molecular formula is C28H22F2N4O3. The maximum atomic E-state index is 13.7. The summed E-state index contributed by atoms with van der Waals surface area (Å²) in [6.07, 6.45) is 0. The van der Waals surface area contributed by atoms with E-state index in [1.165, 1.54) is 48.5 Å². The molecule has 4 rings (SSSR count). The highest BCUT2D eigenvalue weighted by Crippen LogP contribution is 2.31. The number of hydrogen-bond acceptors (Lipinski definition) is 4. The van der Waals surface area contributed by atoms with E-state index in [0.29, 0.717) is 11.4 Å². The fourth-order valence-electron chi connectivity index (χ4n) is 3.77. The number of carbonyl (C=O) groups is 3. The molecule has 7 nitrogen and oxygen atoms in total. The van der Waals surface area contributed by atoms with Crippen molar-refractivity contribution in [2.45, 2.75) is 5.92 Å². The molecule has 186 valence electrons. The molecule has 5 N–H and O–H groups in total. The van der Waals surface area contributed by atoms with E-state index in [0.717, 1.165) is 29.2 Å². The van der Waals surface area contributed by atoms with E-state index in [9.17, 15) is 23.2 Å². The molecule has 1 atom stereocenters. The fourth-order valence-corrected chi connectivity index (χ4v) is 3.77. The summed E-state index contributed by atoms with van der Waals surface area (Å²) >= 11 is 0. The summed E-state index contributed by atoms with van der Waals surface area (Å²) in [6.45, 7) is 0. The fraction of sp³-hybridized carbons (Fsp3) is 0.0357. The molecule has 0 aliphatic rings. The minimum absolute atomic E-state index is 0.238. The van der Waals surface area contributed by atoms with Gasteiger partial charge in [0.1, 0.15) is 17.6 Å². The lowest BCUT2D eigenvalue weighted by Gasteiger charge is -2.27. The van der Waals surface area contributed by atoms with Crippen molar-refractivity contribution in [2.75, 3.05) is 16.0 Å². The number of primary amides is 1. The van der Waals surface area contributed by atoms with Crippen molar-refractivity contribution in [3.63, 3.8) is 0 Å². The quantitative estimate of drug-likeness (QED) is 0.251. The number of nitrogens with two attached hydrogens (primary N) is 2. The first-order chi connectivity index (χ1) is 17.7. The molecule has 9 heteroatoms. The third-order valence-corrected chi connectivity index (χ3v) is 5.64. The number of benzene rings is 4. The monoisotopic (exact) mass is 500 g/mol. The van der Waals surface area contributed by atoms with Crippen LogP contribution < -0.4 is 21.7 Å². The van der Waals surface area contributed by atoms with Gasteiger partial charge in [-0.3, -0.25) is 19.3 Å². The Morgan fingerprint density at radius 3 is 1.73 bits per heavy atom. The highest BCUT2D eigenvalue weighted by Gasteiger charge is 2.33. The summed E-state index contributed by atoms with van der Waals surface area (Å²) in [5.74, 6) is -4.60. The SMILES string of the molecule is NC(=O)C(C(=O)N(c1ccc(F)cc1)c1ccc(F)cc1)c1ccc(C(=O)Nc2ccccc2N)cc1. The number of nitrogens with zero attached hydrogens (tertiary/aromatic N) is 1. The Morgan fingerprint density at radius 1 is 0.730 bits per heavy atom. The van der Waals surface area contributed by atoms with Crippen LogP contribution in [0.2, 0.25) is 0 Å². The van der Waals surface area contributed by atoms with Gasteiger partial charge in [0.2, 0.25) is 11.8 Å². The van der Waals surface area contributed by atoms with E-state index in [1.807, 2.05) is 0 Å². The molecule has 0 aromatic heterocycles. The standard InChI is InChI=1S/C28H22F2N4O3/c29-19-9-13-21(14-10-19)34(22-15-11-20(30)12-16-22)28(37)25(26(32)35)17-5-7-18(8-6-17)27(36)33-24-4-2-1-3-23(24)31/h1-16,25H,31H2,(H2,32,35)(H,33,36).